The summed E-state index contributed by atoms with van der Waals surface area (Å²) in [7, 11) is 0. The Hall–Kier alpha value is -1.26. The van der Waals surface area contributed by atoms with E-state index in [4.69, 9.17) is 23.2 Å². The summed E-state index contributed by atoms with van der Waals surface area (Å²) in [5, 5.41) is 10.4. The van der Waals surface area contributed by atoms with Gasteiger partial charge in [-0.05, 0) is 43.4 Å². The first-order chi connectivity index (χ1) is 10.9. The molecule has 0 aromatic heterocycles. The van der Waals surface area contributed by atoms with E-state index in [0.29, 0.717) is 29.4 Å². The molecule has 1 N–H and O–H groups in total. The van der Waals surface area contributed by atoms with Crippen LogP contribution in [0.25, 0.3) is 0 Å². The number of aliphatic carboxylic acids is 1. The highest BCUT2D eigenvalue weighted by atomic mass is 35.5. The van der Waals surface area contributed by atoms with Crippen molar-refractivity contribution in [2.75, 3.05) is 0 Å². The lowest BCUT2D eigenvalue weighted by molar-refractivity contribution is -0.159. The van der Waals surface area contributed by atoms with Gasteiger partial charge in [-0.25, -0.2) is 0 Å². The SMILES string of the molecule is O=C(CC1(C(=O)O)CCC1)N(Cc1ccc(Cl)c(Cl)c1)C1CC1. The van der Waals surface area contributed by atoms with E-state index in [-0.39, 0.29) is 18.4 Å². The Morgan fingerprint density at radius 1 is 1.22 bits per heavy atom. The summed E-state index contributed by atoms with van der Waals surface area (Å²) in [4.78, 5) is 26.0. The van der Waals surface area contributed by atoms with Gasteiger partial charge in [0.15, 0.2) is 0 Å². The molecule has 0 aliphatic heterocycles. The van der Waals surface area contributed by atoms with E-state index in [0.717, 1.165) is 24.8 Å². The fourth-order valence-electron chi connectivity index (χ4n) is 3.10. The number of carboxylic acids is 1. The highest BCUT2D eigenvalue weighted by Crippen LogP contribution is 2.45. The Bertz CT molecular complexity index is 639. The molecule has 4 nitrogen and oxygen atoms in total. The second-order valence-electron chi connectivity index (χ2n) is 6.62. The van der Waals surface area contributed by atoms with Gasteiger partial charge in [-0.2, -0.15) is 0 Å². The molecule has 124 valence electrons. The van der Waals surface area contributed by atoms with Gasteiger partial charge in [0.2, 0.25) is 5.91 Å². The van der Waals surface area contributed by atoms with Crippen molar-refractivity contribution in [1.82, 2.24) is 4.90 Å². The van der Waals surface area contributed by atoms with Gasteiger partial charge >= 0.3 is 5.97 Å². The van der Waals surface area contributed by atoms with Gasteiger partial charge in [0.05, 0.1) is 15.5 Å². The van der Waals surface area contributed by atoms with Crippen LogP contribution in [0, 0.1) is 5.41 Å². The van der Waals surface area contributed by atoms with Crippen molar-refractivity contribution in [2.45, 2.75) is 51.1 Å². The predicted molar refractivity (Wildman–Crippen MR) is 88.6 cm³/mol. The number of hydrogen-bond donors (Lipinski definition) is 1. The minimum atomic E-state index is -0.845. The van der Waals surface area contributed by atoms with E-state index in [1.807, 2.05) is 11.0 Å². The van der Waals surface area contributed by atoms with E-state index in [1.165, 1.54) is 0 Å². The first kappa shape index (κ1) is 16.6. The van der Waals surface area contributed by atoms with E-state index in [9.17, 15) is 14.7 Å². The standard InChI is InChI=1S/C17H19Cl2NO3/c18-13-5-2-11(8-14(13)19)10-20(12-3-4-12)15(21)9-17(16(22)23)6-1-7-17/h2,5,8,12H,1,3-4,6-7,9-10H2,(H,22,23). The van der Waals surface area contributed by atoms with Gasteiger partial charge in [0.1, 0.15) is 0 Å². The van der Waals surface area contributed by atoms with E-state index in [2.05, 4.69) is 0 Å². The summed E-state index contributed by atoms with van der Waals surface area (Å²) >= 11 is 12.0. The quantitative estimate of drug-likeness (QED) is 0.834. The predicted octanol–water partition coefficient (Wildman–Crippen LogP) is 4.13. The summed E-state index contributed by atoms with van der Waals surface area (Å²) in [6.45, 7) is 0.454. The first-order valence-electron chi connectivity index (χ1n) is 7.88. The van der Waals surface area contributed by atoms with Gasteiger partial charge in [-0.3, -0.25) is 9.59 Å². The van der Waals surface area contributed by atoms with Gasteiger partial charge in [0, 0.05) is 19.0 Å². The second kappa shape index (κ2) is 6.33. The van der Waals surface area contributed by atoms with Crippen LogP contribution >= 0.6 is 23.2 Å². The fourth-order valence-corrected chi connectivity index (χ4v) is 3.42. The molecule has 0 atom stereocenters. The lowest BCUT2D eigenvalue weighted by atomic mass is 9.66. The highest BCUT2D eigenvalue weighted by molar-refractivity contribution is 6.42. The van der Waals surface area contributed by atoms with E-state index in [1.54, 1.807) is 12.1 Å². The molecule has 0 unspecified atom stereocenters. The molecule has 6 heteroatoms. The molecular weight excluding hydrogens is 337 g/mol. The van der Waals surface area contributed by atoms with Gasteiger partial charge in [0.25, 0.3) is 0 Å². The molecule has 0 spiro atoms. The monoisotopic (exact) mass is 355 g/mol. The van der Waals surface area contributed by atoms with Crippen LogP contribution in [0.3, 0.4) is 0 Å². The molecule has 2 saturated carbocycles. The van der Waals surface area contributed by atoms with Crippen molar-refractivity contribution in [3.05, 3.63) is 33.8 Å². The molecule has 23 heavy (non-hydrogen) atoms. The van der Waals surface area contributed by atoms with Crippen LogP contribution in [-0.2, 0) is 16.1 Å². The van der Waals surface area contributed by atoms with Crippen LogP contribution in [0.1, 0.15) is 44.1 Å². The zero-order chi connectivity index (χ0) is 16.6. The summed E-state index contributed by atoms with van der Waals surface area (Å²) in [5.74, 6) is -0.914. The number of carbonyl (C=O) groups is 2. The Morgan fingerprint density at radius 3 is 2.39 bits per heavy atom. The van der Waals surface area contributed by atoms with Gasteiger partial charge in [-0.15, -0.1) is 0 Å². The Balaban J connectivity index is 1.72. The average molecular weight is 356 g/mol. The Labute approximate surface area is 145 Å². The maximum Gasteiger partial charge on any atom is 0.310 e. The number of halogens is 2. The lowest BCUT2D eigenvalue weighted by Gasteiger charge is -2.38. The molecule has 0 bridgehead atoms. The number of carbonyl (C=O) groups excluding carboxylic acids is 1. The molecule has 0 saturated heterocycles. The molecule has 2 fully saturated rings. The number of benzene rings is 1. The van der Waals surface area contributed by atoms with Crippen molar-refractivity contribution in [2.24, 2.45) is 5.41 Å². The number of carboxylic acid groups (broad SMARTS) is 1. The third-order valence-corrected chi connectivity index (χ3v) is 5.64. The molecule has 2 aliphatic carbocycles. The number of rotatable bonds is 6. The largest absolute Gasteiger partial charge is 0.481 e. The highest BCUT2D eigenvalue weighted by Gasteiger charge is 2.47. The number of nitrogens with zero attached hydrogens (tertiary/aromatic N) is 1. The second-order valence-corrected chi connectivity index (χ2v) is 7.43. The summed E-state index contributed by atoms with van der Waals surface area (Å²) in [5.41, 5.74) is 0.0691. The third kappa shape index (κ3) is 3.48. The normalized spacial score (nSPS) is 19.0. The third-order valence-electron chi connectivity index (χ3n) is 4.90. The maximum atomic E-state index is 12.7. The summed E-state index contributed by atoms with van der Waals surface area (Å²) in [6.07, 6.45) is 4.13. The van der Waals surface area contributed by atoms with Crippen LogP contribution in [0.5, 0.6) is 0 Å². The lowest BCUT2D eigenvalue weighted by Crippen LogP contribution is -2.44. The van der Waals surface area contributed by atoms with E-state index < -0.39 is 11.4 Å². The Kier molecular flexibility index (Phi) is 4.56. The maximum absolute atomic E-state index is 12.7. The molecule has 3 rings (SSSR count). The minimum absolute atomic E-state index is 0.0688. The zero-order valence-corrected chi connectivity index (χ0v) is 14.2. The topological polar surface area (TPSA) is 57.6 Å². The molecule has 0 radical (unpaired) electrons. The van der Waals surface area contributed by atoms with Crippen LogP contribution in [0.2, 0.25) is 10.0 Å². The number of hydrogen-bond acceptors (Lipinski definition) is 2. The zero-order valence-electron chi connectivity index (χ0n) is 12.7. The van der Waals surface area contributed by atoms with E-state index >= 15 is 0 Å². The van der Waals surface area contributed by atoms with Crippen LogP contribution in [-0.4, -0.2) is 27.9 Å². The van der Waals surface area contributed by atoms with Crippen molar-refractivity contribution in [3.8, 4) is 0 Å². The van der Waals surface area contributed by atoms with Crippen molar-refractivity contribution < 1.29 is 14.7 Å². The molecule has 1 aromatic rings. The molecule has 1 aromatic carbocycles. The fraction of sp³-hybridized carbons (Fsp3) is 0.529. The van der Waals surface area contributed by atoms with Gasteiger partial charge < -0.3 is 10.0 Å². The van der Waals surface area contributed by atoms with Gasteiger partial charge in [-0.1, -0.05) is 35.7 Å². The van der Waals surface area contributed by atoms with Crippen LogP contribution in [0.15, 0.2) is 18.2 Å². The Morgan fingerprint density at radius 2 is 1.91 bits per heavy atom. The van der Waals surface area contributed by atoms with Crippen molar-refractivity contribution >= 4 is 35.1 Å². The van der Waals surface area contributed by atoms with Crippen LogP contribution in [0.4, 0.5) is 0 Å². The smallest absolute Gasteiger partial charge is 0.310 e. The minimum Gasteiger partial charge on any atom is -0.481 e. The first-order valence-corrected chi connectivity index (χ1v) is 8.64. The molecule has 0 heterocycles. The molecular formula is C17H19Cl2NO3. The van der Waals surface area contributed by atoms with Crippen LogP contribution < -0.4 is 0 Å². The molecule has 2 aliphatic rings. The molecule has 1 amide bonds. The summed E-state index contributed by atoms with van der Waals surface area (Å²) < 4.78 is 0. The average Bonchev–Trinajstić information content (AvgIpc) is 3.27. The number of amides is 1. The summed E-state index contributed by atoms with van der Waals surface area (Å²) in [6, 6.07) is 5.57. The van der Waals surface area contributed by atoms with Crippen molar-refractivity contribution in [3.63, 3.8) is 0 Å². The van der Waals surface area contributed by atoms with Crippen molar-refractivity contribution in [1.29, 1.82) is 0 Å².